The molecule has 0 fully saturated rings. The minimum Gasteiger partial charge on any atom is -0.497 e. The zero-order valence-electron chi connectivity index (χ0n) is 17.2. The van der Waals surface area contributed by atoms with Crippen LogP contribution in [0.4, 0.5) is 0 Å². The number of methoxy groups -OCH3 is 4. The molecule has 0 bridgehead atoms. The Morgan fingerprint density at radius 3 is 2.37 bits per heavy atom. The maximum absolute atomic E-state index is 12.8. The van der Waals surface area contributed by atoms with Crippen molar-refractivity contribution in [2.75, 3.05) is 28.4 Å². The number of hydrogen-bond acceptors (Lipinski definition) is 6. The molecule has 3 aromatic rings. The van der Waals surface area contributed by atoms with Gasteiger partial charge in [0.2, 0.25) is 0 Å². The molecule has 0 spiro atoms. The molecule has 8 heteroatoms. The van der Waals surface area contributed by atoms with Gasteiger partial charge in [0.15, 0.2) is 4.80 Å². The van der Waals surface area contributed by atoms with Crippen LogP contribution in [0.1, 0.15) is 5.56 Å². The van der Waals surface area contributed by atoms with Gasteiger partial charge in [-0.2, -0.15) is 4.99 Å². The van der Waals surface area contributed by atoms with Crippen LogP contribution >= 0.6 is 11.3 Å². The van der Waals surface area contributed by atoms with E-state index >= 15 is 0 Å². The van der Waals surface area contributed by atoms with E-state index in [0.717, 1.165) is 10.2 Å². The van der Waals surface area contributed by atoms with E-state index in [9.17, 15) is 4.79 Å². The summed E-state index contributed by atoms with van der Waals surface area (Å²) in [5, 5.41) is 0. The quantitative estimate of drug-likeness (QED) is 0.543. The highest BCUT2D eigenvalue weighted by Crippen LogP contribution is 2.35. The molecule has 1 amide bonds. The smallest absolute Gasteiger partial charge is 0.252 e. The number of nitrogens with zero attached hydrogens (tertiary/aromatic N) is 2. The number of carbonyl (C=O) groups is 1. The molecule has 0 N–H and O–H groups in total. The van der Waals surface area contributed by atoms with Crippen LogP contribution in [-0.2, 0) is 17.8 Å². The number of fused-ring (bicyclic) bond motifs is 1. The zero-order valence-corrected chi connectivity index (χ0v) is 18.0. The fraction of sp³-hybridized carbons (Fsp3) is 0.273. The summed E-state index contributed by atoms with van der Waals surface area (Å²) >= 11 is 1.32. The third-order valence-electron chi connectivity index (χ3n) is 4.50. The van der Waals surface area contributed by atoms with E-state index in [2.05, 4.69) is 10.9 Å². The van der Waals surface area contributed by atoms with Gasteiger partial charge in [-0.05, 0) is 18.2 Å². The van der Waals surface area contributed by atoms with Crippen LogP contribution in [0, 0.1) is 12.3 Å². The van der Waals surface area contributed by atoms with Crippen molar-refractivity contribution in [1.82, 2.24) is 4.57 Å². The Bertz CT molecular complexity index is 1190. The number of benzene rings is 2. The molecular weight excluding hydrogens is 404 g/mol. The molecule has 0 atom stereocenters. The van der Waals surface area contributed by atoms with E-state index in [0.29, 0.717) is 33.4 Å². The molecule has 0 radical (unpaired) electrons. The molecule has 1 heterocycles. The normalized spacial score (nSPS) is 11.2. The number of thiazole rings is 1. The summed E-state index contributed by atoms with van der Waals surface area (Å²) < 4.78 is 24.1. The largest absolute Gasteiger partial charge is 0.497 e. The van der Waals surface area contributed by atoms with Crippen molar-refractivity contribution in [2.45, 2.75) is 13.0 Å². The van der Waals surface area contributed by atoms with E-state index in [1.165, 1.54) is 11.3 Å². The Labute approximate surface area is 178 Å². The highest BCUT2D eigenvalue weighted by Gasteiger charge is 2.17. The van der Waals surface area contributed by atoms with Crippen LogP contribution in [-0.4, -0.2) is 38.9 Å². The fourth-order valence-corrected chi connectivity index (χ4v) is 4.24. The summed E-state index contributed by atoms with van der Waals surface area (Å²) in [4.78, 5) is 17.6. The number of hydrogen-bond donors (Lipinski definition) is 0. The summed E-state index contributed by atoms with van der Waals surface area (Å²) in [6.07, 6.45) is 5.64. The van der Waals surface area contributed by atoms with Gasteiger partial charge in [-0.1, -0.05) is 23.3 Å². The van der Waals surface area contributed by atoms with Crippen LogP contribution in [0.25, 0.3) is 10.2 Å². The number of aromatic nitrogens is 1. The van der Waals surface area contributed by atoms with Crippen LogP contribution in [0.5, 0.6) is 23.0 Å². The molecule has 2 aromatic carbocycles. The van der Waals surface area contributed by atoms with Crippen LogP contribution in [0.3, 0.4) is 0 Å². The summed E-state index contributed by atoms with van der Waals surface area (Å²) in [6, 6.07) is 8.91. The SMILES string of the molecule is C#CCn1c(=NC(=O)Cc2ccc(OC)cc2OC)sc2c(OC)ccc(OC)c21. The Morgan fingerprint density at radius 1 is 1.03 bits per heavy atom. The van der Waals surface area contributed by atoms with E-state index < -0.39 is 0 Å². The summed E-state index contributed by atoms with van der Waals surface area (Å²) in [5.41, 5.74) is 1.46. The maximum atomic E-state index is 12.8. The van der Waals surface area contributed by atoms with Gasteiger partial charge in [-0.25, -0.2) is 0 Å². The van der Waals surface area contributed by atoms with Gasteiger partial charge in [0.05, 0.1) is 41.4 Å². The van der Waals surface area contributed by atoms with E-state index in [-0.39, 0.29) is 18.9 Å². The molecule has 7 nitrogen and oxygen atoms in total. The van der Waals surface area contributed by atoms with E-state index in [4.69, 9.17) is 25.4 Å². The lowest BCUT2D eigenvalue weighted by Gasteiger charge is -2.09. The molecule has 0 aliphatic heterocycles. The number of rotatable bonds is 7. The van der Waals surface area contributed by atoms with Gasteiger partial charge in [-0.15, -0.1) is 6.42 Å². The number of terminal acetylenes is 1. The van der Waals surface area contributed by atoms with Gasteiger partial charge in [0, 0.05) is 11.6 Å². The molecule has 1 aromatic heterocycles. The van der Waals surface area contributed by atoms with Crippen molar-refractivity contribution in [1.29, 1.82) is 0 Å². The first-order chi connectivity index (χ1) is 14.6. The molecule has 0 aliphatic rings. The predicted molar refractivity (Wildman–Crippen MR) is 116 cm³/mol. The second-order valence-corrected chi connectivity index (χ2v) is 7.16. The highest BCUT2D eigenvalue weighted by atomic mass is 32.1. The van der Waals surface area contributed by atoms with Gasteiger partial charge < -0.3 is 23.5 Å². The molecule has 3 rings (SSSR count). The lowest BCUT2D eigenvalue weighted by atomic mass is 10.1. The third-order valence-corrected chi connectivity index (χ3v) is 5.59. The number of ether oxygens (including phenoxy) is 4. The van der Waals surface area contributed by atoms with Crippen LogP contribution in [0.15, 0.2) is 35.3 Å². The molecule has 156 valence electrons. The fourth-order valence-electron chi connectivity index (χ4n) is 3.08. The summed E-state index contributed by atoms with van der Waals surface area (Å²) in [5.74, 6) is 4.79. The molecular formula is C22H22N2O5S. The number of amides is 1. The van der Waals surface area contributed by atoms with E-state index in [1.807, 2.05) is 6.07 Å². The topological polar surface area (TPSA) is 71.3 Å². The highest BCUT2D eigenvalue weighted by molar-refractivity contribution is 7.16. The van der Waals surface area contributed by atoms with Gasteiger partial charge in [0.25, 0.3) is 5.91 Å². The molecule has 0 saturated heterocycles. The summed E-state index contributed by atoms with van der Waals surface area (Å²) in [7, 11) is 6.29. The first kappa shape index (κ1) is 21.3. The zero-order chi connectivity index (χ0) is 21.7. The van der Waals surface area contributed by atoms with Crippen molar-refractivity contribution in [3.05, 3.63) is 40.7 Å². The monoisotopic (exact) mass is 426 g/mol. The van der Waals surface area contributed by atoms with Crippen molar-refractivity contribution in [3.8, 4) is 35.3 Å². The molecule has 0 unspecified atom stereocenters. The second-order valence-electron chi connectivity index (χ2n) is 6.18. The van der Waals surface area contributed by atoms with Gasteiger partial charge in [0.1, 0.15) is 33.2 Å². The minimum atomic E-state index is -0.325. The summed E-state index contributed by atoms with van der Waals surface area (Å²) in [6.45, 7) is 0.238. The Morgan fingerprint density at radius 2 is 1.73 bits per heavy atom. The first-order valence-electron chi connectivity index (χ1n) is 9.02. The number of carbonyl (C=O) groups excluding carboxylic acids is 1. The van der Waals surface area contributed by atoms with Crippen molar-refractivity contribution in [3.63, 3.8) is 0 Å². The van der Waals surface area contributed by atoms with E-state index in [1.54, 1.807) is 57.3 Å². The minimum absolute atomic E-state index is 0.0751. The average molecular weight is 426 g/mol. The molecule has 30 heavy (non-hydrogen) atoms. The van der Waals surface area contributed by atoms with Crippen molar-refractivity contribution >= 4 is 27.5 Å². The van der Waals surface area contributed by atoms with Crippen LogP contribution in [0.2, 0.25) is 0 Å². The first-order valence-corrected chi connectivity index (χ1v) is 9.84. The predicted octanol–water partition coefficient (Wildman–Crippen LogP) is 3.04. The van der Waals surface area contributed by atoms with Crippen molar-refractivity contribution in [2.24, 2.45) is 4.99 Å². The standard InChI is InChI=1S/C22H22N2O5S/c1-6-11-24-20-16(27-3)9-10-17(28-4)21(20)30-22(24)23-19(25)12-14-7-8-15(26-2)13-18(14)29-5/h1,7-10,13H,11-12H2,2-5H3. The van der Waals surface area contributed by atoms with Gasteiger partial charge >= 0.3 is 0 Å². The third kappa shape index (κ3) is 4.11. The average Bonchev–Trinajstić information content (AvgIpc) is 3.11. The molecule has 0 saturated carbocycles. The Hall–Kier alpha value is -3.44. The lowest BCUT2D eigenvalue weighted by molar-refractivity contribution is -0.117. The Balaban J connectivity index is 2.08. The maximum Gasteiger partial charge on any atom is 0.252 e. The van der Waals surface area contributed by atoms with Crippen LogP contribution < -0.4 is 23.7 Å². The molecule has 0 aliphatic carbocycles. The van der Waals surface area contributed by atoms with Gasteiger partial charge in [-0.3, -0.25) is 4.79 Å². The van der Waals surface area contributed by atoms with Crippen molar-refractivity contribution < 1.29 is 23.7 Å². The lowest BCUT2D eigenvalue weighted by Crippen LogP contribution is -2.17. The second kappa shape index (κ2) is 9.37. The Kier molecular flexibility index (Phi) is 6.65.